The number of halogens is 1. The molecule has 3 heteroatoms. The van der Waals surface area contributed by atoms with E-state index in [1.165, 1.54) is 5.39 Å². The molecule has 1 N–H and O–H groups in total. The van der Waals surface area contributed by atoms with Crippen LogP contribution in [0.1, 0.15) is 0 Å². The maximum Gasteiger partial charge on any atom is 0.139 e. The van der Waals surface area contributed by atoms with Crippen LogP contribution in [0.5, 0.6) is 0 Å². The number of rotatable bonds is 1. The number of aromatic amines is 1. The zero-order chi connectivity index (χ0) is 13.5. The summed E-state index contributed by atoms with van der Waals surface area (Å²) < 4.78 is 0. The van der Waals surface area contributed by atoms with E-state index in [0.717, 1.165) is 27.7 Å². The van der Waals surface area contributed by atoms with Crippen molar-refractivity contribution in [1.82, 2.24) is 9.97 Å². The average molecular weight is 279 g/mol. The van der Waals surface area contributed by atoms with Gasteiger partial charge in [-0.3, -0.25) is 0 Å². The van der Waals surface area contributed by atoms with Gasteiger partial charge in [0.1, 0.15) is 5.15 Å². The number of H-pyrrole nitrogens is 1. The molecule has 0 aliphatic rings. The molecule has 4 aromatic rings. The van der Waals surface area contributed by atoms with E-state index in [-0.39, 0.29) is 0 Å². The maximum absolute atomic E-state index is 6.33. The van der Waals surface area contributed by atoms with Crippen molar-refractivity contribution in [1.29, 1.82) is 0 Å². The minimum Gasteiger partial charge on any atom is -0.354 e. The lowest BCUT2D eigenvalue weighted by Crippen LogP contribution is -1.85. The van der Waals surface area contributed by atoms with Gasteiger partial charge in [0.15, 0.2) is 0 Å². The van der Waals surface area contributed by atoms with E-state index >= 15 is 0 Å². The molecule has 0 spiro atoms. The number of fused-ring (bicyclic) bond motifs is 2. The van der Waals surface area contributed by atoms with Crippen LogP contribution in [-0.2, 0) is 0 Å². The van der Waals surface area contributed by atoms with Crippen molar-refractivity contribution in [3.05, 3.63) is 65.8 Å². The van der Waals surface area contributed by atoms with Gasteiger partial charge in [0, 0.05) is 27.5 Å². The molecule has 2 nitrogen and oxygen atoms in total. The van der Waals surface area contributed by atoms with Gasteiger partial charge in [0.2, 0.25) is 0 Å². The summed E-state index contributed by atoms with van der Waals surface area (Å²) in [4.78, 5) is 7.86. The Morgan fingerprint density at radius 1 is 0.850 bits per heavy atom. The molecule has 0 saturated heterocycles. The molecule has 0 unspecified atom stereocenters. The van der Waals surface area contributed by atoms with Crippen LogP contribution in [0.3, 0.4) is 0 Å². The summed E-state index contributed by atoms with van der Waals surface area (Å²) in [5, 5.41) is 2.78. The topological polar surface area (TPSA) is 28.7 Å². The van der Waals surface area contributed by atoms with Crippen molar-refractivity contribution >= 4 is 33.4 Å². The van der Waals surface area contributed by atoms with E-state index in [2.05, 4.69) is 34.2 Å². The lowest BCUT2D eigenvalue weighted by atomic mass is 10.1. The minimum absolute atomic E-state index is 0.523. The molecule has 0 saturated carbocycles. The first kappa shape index (κ1) is 11.5. The Labute approximate surface area is 121 Å². The highest BCUT2D eigenvalue weighted by Crippen LogP contribution is 2.31. The van der Waals surface area contributed by atoms with Crippen molar-refractivity contribution in [3.8, 4) is 11.3 Å². The summed E-state index contributed by atoms with van der Waals surface area (Å²) in [5.74, 6) is 0. The first-order chi connectivity index (χ1) is 9.81. The zero-order valence-electron chi connectivity index (χ0n) is 10.6. The highest BCUT2D eigenvalue weighted by atomic mass is 35.5. The summed E-state index contributed by atoms with van der Waals surface area (Å²) in [7, 11) is 0. The van der Waals surface area contributed by atoms with Gasteiger partial charge in [-0.05, 0) is 24.3 Å². The predicted octanol–water partition coefficient (Wildman–Crippen LogP) is 5.04. The molecule has 0 bridgehead atoms. The first-order valence-corrected chi connectivity index (χ1v) is 6.82. The van der Waals surface area contributed by atoms with Crippen LogP contribution in [0, 0.1) is 0 Å². The smallest absolute Gasteiger partial charge is 0.139 e. The Morgan fingerprint density at radius 2 is 1.60 bits per heavy atom. The van der Waals surface area contributed by atoms with Crippen molar-refractivity contribution < 1.29 is 0 Å². The maximum atomic E-state index is 6.33. The number of pyridine rings is 1. The number of nitrogens with zero attached hydrogens (tertiary/aromatic N) is 1. The number of hydrogen-bond donors (Lipinski definition) is 1. The highest BCUT2D eigenvalue weighted by molar-refractivity contribution is 6.32. The SMILES string of the molecule is Clc1nc2ccccc2cc1-c1cc2ccccc2[nH]1. The number of para-hydroxylation sites is 2. The van der Waals surface area contributed by atoms with Gasteiger partial charge < -0.3 is 4.98 Å². The molecular weight excluding hydrogens is 268 g/mol. The summed E-state index contributed by atoms with van der Waals surface area (Å²) >= 11 is 6.33. The molecule has 0 amide bonds. The van der Waals surface area contributed by atoms with Crippen molar-refractivity contribution in [2.75, 3.05) is 0 Å². The fourth-order valence-electron chi connectivity index (χ4n) is 2.50. The molecule has 2 aromatic carbocycles. The molecule has 2 heterocycles. The fourth-order valence-corrected chi connectivity index (χ4v) is 2.75. The van der Waals surface area contributed by atoms with E-state index < -0.39 is 0 Å². The van der Waals surface area contributed by atoms with Crippen molar-refractivity contribution in [2.24, 2.45) is 0 Å². The largest absolute Gasteiger partial charge is 0.354 e. The molecular formula is C17H11ClN2. The third kappa shape index (κ3) is 1.77. The minimum atomic E-state index is 0.523. The molecule has 2 aromatic heterocycles. The highest BCUT2D eigenvalue weighted by Gasteiger charge is 2.09. The van der Waals surface area contributed by atoms with E-state index in [4.69, 9.17) is 11.6 Å². The molecule has 0 aliphatic carbocycles. The van der Waals surface area contributed by atoms with Gasteiger partial charge in [-0.2, -0.15) is 0 Å². The number of benzene rings is 2. The average Bonchev–Trinajstić information content (AvgIpc) is 2.90. The third-order valence-corrected chi connectivity index (χ3v) is 3.79. The Kier molecular flexibility index (Phi) is 2.51. The quantitative estimate of drug-likeness (QED) is 0.486. The van der Waals surface area contributed by atoms with Crippen LogP contribution in [0.25, 0.3) is 33.1 Å². The summed E-state index contributed by atoms with van der Waals surface area (Å²) in [6, 6.07) is 20.4. The Hall–Kier alpha value is -2.32. The van der Waals surface area contributed by atoms with Crippen molar-refractivity contribution in [2.45, 2.75) is 0 Å². The lowest BCUT2D eigenvalue weighted by molar-refractivity contribution is 1.38. The normalized spacial score (nSPS) is 11.2. The molecule has 4 rings (SSSR count). The summed E-state index contributed by atoms with van der Waals surface area (Å²) in [5.41, 5.74) is 3.94. The van der Waals surface area contributed by atoms with E-state index in [0.29, 0.717) is 5.15 Å². The van der Waals surface area contributed by atoms with Crippen molar-refractivity contribution in [3.63, 3.8) is 0 Å². The Morgan fingerprint density at radius 3 is 2.45 bits per heavy atom. The van der Waals surface area contributed by atoms with E-state index in [1.807, 2.05) is 36.4 Å². The second kappa shape index (κ2) is 4.36. The van der Waals surface area contributed by atoms with Gasteiger partial charge in [0.25, 0.3) is 0 Å². The van der Waals surface area contributed by atoms with Gasteiger partial charge >= 0.3 is 0 Å². The summed E-state index contributed by atoms with van der Waals surface area (Å²) in [6.45, 7) is 0. The van der Waals surface area contributed by atoms with Crippen LogP contribution in [0.2, 0.25) is 5.15 Å². The number of aromatic nitrogens is 2. The molecule has 0 fully saturated rings. The van der Waals surface area contributed by atoms with Gasteiger partial charge in [-0.1, -0.05) is 48.0 Å². The van der Waals surface area contributed by atoms with Crippen LogP contribution < -0.4 is 0 Å². The Bertz CT molecular complexity index is 891. The van der Waals surface area contributed by atoms with E-state index in [1.54, 1.807) is 0 Å². The van der Waals surface area contributed by atoms with Crippen LogP contribution >= 0.6 is 11.6 Å². The molecule has 0 aliphatic heterocycles. The lowest BCUT2D eigenvalue weighted by Gasteiger charge is -2.04. The van der Waals surface area contributed by atoms with E-state index in [9.17, 15) is 0 Å². The van der Waals surface area contributed by atoms with Crippen LogP contribution in [0.4, 0.5) is 0 Å². The molecule has 0 radical (unpaired) electrons. The molecule has 96 valence electrons. The first-order valence-electron chi connectivity index (χ1n) is 6.45. The van der Waals surface area contributed by atoms with Crippen LogP contribution in [0.15, 0.2) is 60.7 Å². The Balaban J connectivity index is 1.98. The third-order valence-electron chi connectivity index (χ3n) is 3.50. The monoisotopic (exact) mass is 278 g/mol. The second-order valence-electron chi connectivity index (χ2n) is 4.79. The summed E-state index contributed by atoms with van der Waals surface area (Å²) in [6.07, 6.45) is 0. The number of nitrogens with one attached hydrogen (secondary N) is 1. The molecule has 0 atom stereocenters. The zero-order valence-corrected chi connectivity index (χ0v) is 11.4. The standard InChI is InChI=1S/C17H11ClN2/c18-17-13(9-11-5-1-4-8-15(11)20-17)16-10-12-6-2-3-7-14(12)19-16/h1-10,19H. The second-order valence-corrected chi connectivity index (χ2v) is 5.15. The van der Waals surface area contributed by atoms with Gasteiger partial charge in [-0.15, -0.1) is 0 Å². The van der Waals surface area contributed by atoms with Crippen LogP contribution in [-0.4, -0.2) is 9.97 Å². The predicted molar refractivity (Wildman–Crippen MR) is 84.0 cm³/mol. The van der Waals surface area contributed by atoms with Gasteiger partial charge in [-0.25, -0.2) is 4.98 Å². The molecule has 20 heavy (non-hydrogen) atoms. The number of hydrogen-bond acceptors (Lipinski definition) is 1. The van der Waals surface area contributed by atoms with Gasteiger partial charge in [0.05, 0.1) is 5.52 Å². The fraction of sp³-hybridized carbons (Fsp3) is 0.